The van der Waals surface area contributed by atoms with E-state index in [-0.39, 0.29) is 30.1 Å². The van der Waals surface area contributed by atoms with E-state index in [2.05, 4.69) is 40.2 Å². The lowest BCUT2D eigenvalue weighted by Gasteiger charge is -2.56. The smallest absolute Gasteiger partial charge is 0.323 e. The molecule has 2 aliphatic carbocycles. The lowest BCUT2D eigenvalue weighted by atomic mass is 9.55. The molecule has 7 rings (SSSR count). The fourth-order valence-corrected chi connectivity index (χ4v) is 10.1. The van der Waals surface area contributed by atoms with Crippen LogP contribution in [0.5, 0.6) is 0 Å². The van der Waals surface area contributed by atoms with Crippen molar-refractivity contribution < 1.29 is 34.1 Å². The molecular weight excluding hydrogens is 719 g/mol. The maximum atomic E-state index is 14.2. The molecule has 11 nitrogen and oxygen atoms in total. The fourth-order valence-electron chi connectivity index (χ4n) is 9.67. The van der Waals surface area contributed by atoms with Crippen molar-refractivity contribution in [2.45, 2.75) is 89.6 Å². The van der Waals surface area contributed by atoms with Crippen LogP contribution in [0.1, 0.15) is 58.1 Å². The Morgan fingerprint density at radius 1 is 1.06 bits per heavy atom. The van der Waals surface area contributed by atoms with Gasteiger partial charge in [0.25, 0.3) is 0 Å². The highest BCUT2D eigenvalue weighted by atomic mass is 35.5. The molecule has 2 aromatic carbocycles. The lowest BCUT2D eigenvalue weighted by Crippen LogP contribution is -2.66. The number of ether oxygens (including phenoxy) is 2. The normalized spacial score (nSPS) is 34.8. The molecule has 3 heterocycles. The molecule has 0 aromatic heterocycles. The molecule has 3 fully saturated rings. The Kier molecular flexibility index (Phi) is 10.6. The van der Waals surface area contributed by atoms with Gasteiger partial charge in [-0.05, 0) is 73.8 Å². The summed E-state index contributed by atoms with van der Waals surface area (Å²) in [5, 5.41) is 30.7. The summed E-state index contributed by atoms with van der Waals surface area (Å²) < 4.78 is 12.2. The minimum atomic E-state index is -1.56. The number of hydrogen-bond acceptors (Lipinski definition) is 11. The number of benzene rings is 2. The summed E-state index contributed by atoms with van der Waals surface area (Å²) >= 11 is 12.9. The van der Waals surface area contributed by atoms with Crippen LogP contribution in [0.4, 0.5) is 11.4 Å². The van der Waals surface area contributed by atoms with E-state index >= 15 is 0 Å². The molecule has 288 valence electrons. The predicted octanol–water partition coefficient (Wildman–Crippen LogP) is 5.21. The molecule has 1 saturated carbocycles. The summed E-state index contributed by atoms with van der Waals surface area (Å²) in [6.07, 6.45) is 0.575. The minimum absolute atomic E-state index is 0.0429. The van der Waals surface area contributed by atoms with Gasteiger partial charge >= 0.3 is 11.9 Å². The second-order valence-corrected chi connectivity index (χ2v) is 16.8. The van der Waals surface area contributed by atoms with Crippen LogP contribution in [0.25, 0.3) is 0 Å². The van der Waals surface area contributed by atoms with Gasteiger partial charge in [0.05, 0.1) is 10.7 Å². The molecule has 13 heteroatoms. The molecule has 0 radical (unpaired) electrons. The van der Waals surface area contributed by atoms with Crippen molar-refractivity contribution in [3.05, 3.63) is 69.2 Å². The van der Waals surface area contributed by atoms with E-state index in [4.69, 9.17) is 37.5 Å². The van der Waals surface area contributed by atoms with Crippen molar-refractivity contribution in [1.29, 1.82) is 0 Å². The Labute approximate surface area is 322 Å². The number of fused-ring (bicyclic) bond motifs is 4. The number of nitrogens with one attached hydrogen (secondary N) is 1. The van der Waals surface area contributed by atoms with Crippen LogP contribution in [0.3, 0.4) is 0 Å². The van der Waals surface area contributed by atoms with Crippen LogP contribution in [-0.2, 0) is 29.5 Å². The summed E-state index contributed by atoms with van der Waals surface area (Å²) in [6, 6.07) is 10.5. The van der Waals surface area contributed by atoms with Gasteiger partial charge in [-0.3, -0.25) is 29.7 Å². The lowest BCUT2D eigenvalue weighted by molar-refractivity contribution is -0.225. The minimum Gasteiger partial charge on any atom is -0.454 e. The third kappa shape index (κ3) is 6.85. The first kappa shape index (κ1) is 38.4. The molecule has 2 saturated heterocycles. The highest BCUT2D eigenvalue weighted by Gasteiger charge is 2.62. The number of piperazine rings is 1. The third-order valence-corrected chi connectivity index (χ3v) is 13.4. The van der Waals surface area contributed by atoms with Crippen molar-refractivity contribution >= 4 is 46.5 Å². The van der Waals surface area contributed by atoms with Gasteiger partial charge in [-0.15, -0.1) is 0 Å². The Morgan fingerprint density at radius 2 is 1.79 bits per heavy atom. The zero-order valence-electron chi connectivity index (χ0n) is 31.4. The van der Waals surface area contributed by atoms with E-state index in [0.29, 0.717) is 16.3 Å². The van der Waals surface area contributed by atoms with Crippen molar-refractivity contribution in [3.63, 3.8) is 0 Å². The zero-order valence-corrected chi connectivity index (χ0v) is 32.9. The van der Waals surface area contributed by atoms with Gasteiger partial charge in [0.15, 0.2) is 18.4 Å². The van der Waals surface area contributed by atoms with E-state index < -0.39 is 47.6 Å². The number of carbonyl (C=O) groups is 2. The topological polar surface area (TPSA) is 124 Å². The number of hydroxylamine groups is 1. The highest BCUT2D eigenvalue weighted by molar-refractivity contribution is 6.33. The van der Waals surface area contributed by atoms with Crippen LogP contribution in [-0.4, -0.2) is 96.9 Å². The fraction of sp³-hybridized carbons (Fsp3) is 0.600. The van der Waals surface area contributed by atoms with Crippen LogP contribution in [0, 0.1) is 30.6 Å². The van der Waals surface area contributed by atoms with Crippen molar-refractivity contribution in [3.8, 4) is 0 Å². The van der Waals surface area contributed by atoms with E-state index in [1.165, 1.54) is 12.0 Å². The molecule has 0 bridgehead atoms. The van der Waals surface area contributed by atoms with E-state index in [0.717, 1.165) is 67.4 Å². The van der Waals surface area contributed by atoms with E-state index in [9.17, 15) is 19.8 Å². The number of halogens is 2. The second kappa shape index (κ2) is 14.6. The van der Waals surface area contributed by atoms with Crippen LogP contribution in [0.2, 0.25) is 10.0 Å². The molecule has 2 aromatic rings. The summed E-state index contributed by atoms with van der Waals surface area (Å²) in [6.45, 7) is 13.9. The van der Waals surface area contributed by atoms with Crippen LogP contribution in [0.15, 0.2) is 48.0 Å². The molecule has 5 aliphatic rings. The summed E-state index contributed by atoms with van der Waals surface area (Å²) in [4.78, 5) is 37.5. The van der Waals surface area contributed by atoms with E-state index in [1.54, 1.807) is 25.2 Å². The largest absolute Gasteiger partial charge is 0.454 e. The number of carbonyl (C=O) groups excluding carboxylic acids is 2. The number of rotatable bonds is 7. The van der Waals surface area contributed by atoms with E-state index in [1.807, 2.05) is 26.8 Å². The Bertz CT molecular complexity index is 1770. The number of esters is 2. The molecule has 3 aliphatic heterocycles. The third-order valence-electron chi connectivity index (χ3n) is 12.7. The van der Waals surface area contributed by atoms with Gasteiger partial charge in [-0.25, -0.2) is 0 Å². The molecule has 3 N–H and O–H groups in total. The first-order chi connectivity index (χ1) is 25.1. The molecule has 1 unspecified atom stereocenters. The Balaban J connectivity index is 1.09. The summed E-state index contributed by atoms with van der Waals surface area (Å²) in [5.74, 6) is -1.47. The zero-order chi connectivity index (χ0) is 38.0. The first-order valence-corrected chi connectivity index (χ1v) is 19.6. The number of nitrogens with zero attached hydrogens (tertiary/aromatic N) is 3. The van der Waals surface area contributed by atoms with Crippen molar-refractivity contribution in [2.24, 2.45) is 23.7 Å². The maximum absolute atomic E-state index is 14.2. The molecule has 0 amide bonds. The monoisotopic (exact) mass is 770 g/mol. The SMILES string of the molecule is CC(=O)O[C@@H]1C(C)=C[C@@H]2[C@H](C(C)CN3CCN(c4ccc(C)c(Cl)c4)CC3)CC[C@@H](C)[C@]2(O)[C@H]1OC(=O)[C@@H]1C[C@@]2(O)c3cccc(Cl)c3N(C)O[C@H]2N1. The number of para-hydroxylation sites is 1. The molecule has 0 spiro atoms. The first-order valence-electron chi connectivity index (χ1n) is 18.8. The standard InChI is InChI=1S/C40H52Cl2N4O7/c1-22-10-12-27(19-32(22)42)46-16-14-45(15-17-46)21-24(3)28-13-11-25(4)40(50)30(28)18-23(2)35(51-26(5)47)36(40)52-37(48)33-20-39(49)29-8-7-9-31(41)34(29)44(6)53-38(39)43-33/h7-10,12,18-19,24-25,28,30,33,35-36,38,43,49-50H,11,13-17,20-21H2,1-6H3/t24?,25-,28+,30-,33+,35-,36+,38-,39-,40-/m1/s1. The van der Waals surface area contributed by atoms with Gasteiger partial charge in [0.2, 0.25) is 0 Å². The van der Waals surface area contributed by atoms with Crippen molar-refractivity contribution in [1.82, 2.24) is 10.2 Å². The van der Waals surface area contributed by atoms with Gasteiger partial charge in [0.1, 0.15) is 17.2 Å². The quantitative estimate of drug-likeness (QED) is 0.254. The number of hydrogen-bond donors (Lipinski definition) is 3. The van der Waals surface area contributed by atoms with Crippen molar-refractivity contribution in [2.75, 3.05) is 49.7 Å². The number of aryl methyl sites for hydroxylation is 1. The predicted molar refractivity (Wildman–Crippen MR) is 204 cm³/mol. The average molecular weight is 772 g/mol. The van der Waals surface area contributed by atoms with Crippen LogP contribution < -0.4 is 15.3 Å². The summed E-state index contributed by atoms with van der Waals surface area (Å²) in [5.41, 5.74) is 0.944. The molecule has 53 heavy (non-hydrogen) atoms. The maximum Gasteiger partial charge on any atom is 0.323 e. The second-order valence-electron chi connectivity index (χ2n) is 16.0. The molecule has 10 atom stereocenters. The van der Waals surface area contributed by atoms with Gasteiger partial charge in [-0.2, -0.15) is 0 Å². The van der Waals surface area contributed by atoms with Gasteiger partial charge < -0.3 is 24.6 Å². The average Bonchev–Trinajstić information content (AvgIpc) is 3.46. The number of aliphatic hydroxyl groups is 2. The summed E-state index contributed by atoms with van der Waals surface area (Å²) in [7, 11) is 1.69. The van der Waals surface area contributed by atoms with Crippen LogP contribution >= 0.6 is 23.2 Å². The Morgan fingerprint density at radius 3 is 2.49 bits per heavy atom. The van der Waals surface area contributed by atoms with Gasteiger partial charge in [-0.1, -0.05) is 61.3 Å². The highest BCUT2D eigenvalue weighted by Crippen LogP contribution is 2.53. The molecular formula is C40H52Cl2N4O7. The van der Waals surface area contributed by atoms with Gasteiger partial charge in [0, 0.05) is 75.3 Å². The Hall–Kier alpha value is -2.90. The number of anilines is 2.